The van der Waals surface area contributed by atoms with Crippen molar-refractivity contribution in [1.82, 2.24) is 4.90 Å². The largest absolute Gasteiger partial charge is 0.399 e. The van der Waals surface area contributed by atoms with Crippen molar-refractivity contribution < 1.29 is 4.74 Å². The number of halogens is 1. The van der Waals surface area contributed by atoms with Gasteiger partial charge in [0.05, 0.1) is 12.7 Å². The lowest BCUT2D eigenvalue weighted by Crippen LogP contribution is -2.47. The second-order valence-electron chi connectivity index (χ2n) is 4.99. The quantitative estimate of drug-likeness (QED) is 0.857. The molecule has 4 heteroatoms. The Bertz CT molecular complexity index is 411. The summed E-state index contributed by atoms with van der Waals surface area (Å²) < 4.78 is 5.70. The van der Waals surface area contributed by atoms with Crippen LogP contribution in [0.3, 0.4) is 0 Å². The average molecular weight is 269 g/mol. The molecule has 2 unspecified atom stereocenters. The fourth-order valence-electron chi connectivity index (χ4n) is 2.42. The summed E-state index contributed by atoms with van der Waals surface area (Å²) in [5.41, 5.74) is 7.69. The molecule has 1 heterocycles. The number of anilines is 1. The molecular formula is C14H21ClN2O. The van der Waals surface area contributed by atoms with Gasteiger partial charge in [-0.3, -0.25) is 4.90 Å². The SMILES string of the molecule is CCC1COC(C)CN1Cc1cc(N)ccc1Cl. The van der Waals surface area contributed by atoms with E-state index in [1.54, 1.807) is 0 Å². The Kier molecular flexibility index (Phi) is 4.49. The third kappa shape index (κ3) is 3.16. The van der Waals surface area contributed by atoms with E-state index < -0.39 is 0 Å². The van der Waals surface area contributed by atoms with Gasteiger partial charge in [-0.15, -0.1) is 0 Å². The molecular weight excluding hydrogens is 248 g/mol. The molecule has 0 radical (unpaired) electrons. The van der Waals surface area contributed by atoms with Crippen LogP contribution in [-0.4, -0.2) is 30.2 Å². The van der Waals surface area contributed by atoms with Crippen molar-refractivity contribution in [2.24, 2.45) is 0 Å². The van der Waals surface area contributed by atoms with Gasteiger partial charge in [0, 0.05) is 29.8 Å². The van der Waals surface area contributed by atoms with E-state index in [1.165, 1.54) is 0 Å². The van der Waals surface area contributed by atoms with Crippen LogP contribution in [0, 0.1) is 0 Å². The minimum atomic E-state index is 0.285. The molecule has 0 amide bonds. The number of morpholine rings is 1. The lowest BCUT2D eigenvalue weighted by molar-refractivity contribution is -0.0591. The van der Waals surface area contributed by atoms with Gasteiger partial charge in [0.1, 0.15) is 0 Å². The topological polar surface area (TPSA) is 38.5 Å². The standard InChI is InChI=1S/C14H21ClN2O/c1-3-13-9-18-10(2)7-17(13)8-11-6-12(16)4-5-14(11)15/h4-6,10,13H,3,7-9,16H2,1-2H3. The Labute approximate surface area is 114 Å². The molecule has 1 aliphatic heterocycles. The van der Waals surface area contributed by atoms with Crippen LogP contribution < -0.4 is 5.73 Å². The fourth-order valence-corrected chi connectivity index (χ4v) is 2.59. The minimum Gasteiger partial charge on any atom is -0.399 e. The normalized spacial score (nSPS) is 25.3. The highest BCUT2D eigenvalue weighted by molar-refractivity contribution is 6.31. The molecule has 0 bridgehead atoms. The van der Waals surface area contributed by atoms with Gasteiger partial charge >= 0.3 is 0 Å². The first kappa shape index (κ1) is 13.7. The van der Waals surface area contributed by atoms with Crippen LogP contribution >= 0.6 is 11.6 Å². The number of ether oxygens (including phenoxy) is 1. The van der Waals surface area contributed by atoms with Gasteiger partial charge in [0.15, 0.2) is 0 Å². The van der Waals surface area contributed by atoms with E-state index in [-0.39, 0.29) is 6.10 Å². The van der Waals surface area contributed by atoms with Gasteiger partial charge in [-0.25, -0.2) is 0 Å². The van der Waals surface area contributed by atoms with E-state index in [0.717, 1.165) is 42.4 Å². The molecule has 2 atom stereocenters. The molecule has 1 aromatic carbocycles. The first-order chi connectivity index (χ1) is 8.60. The summed E-state index contributed by atoms with van der Waals surface area (Å²) in [5, 5.41) is 0.790. The summed E-state index contributed by atoms with van der Waals surface area (Å²) >= 11 is 6.23. The average Bonchev–Trinajstić information content (AvgIpc) is 2.34. The number of nitrogens with zero attached hydrogens (tertiary/aromatic N) is 1. The second kappa shape index (κ2) is 5.91. The van der Waals surface area contributed by atoms with Crippen LogP contribution in [0.1, 0.15) is 25.8 Å². The van der Waals surface area contributed by atoms with Crippen molar-refractivity contribution in [2.75, 3.05) is 18.9 Å². The van der Waals surface area contributed by atoms with Gasteiger partial charge in [-0.05, 0) is 37.1 Å². The Balaban J connectivity index is 2.12. The van der Waals surface area contributed by atoms with Crippen molar-refractivity contribution in [3.8, 4) is 0 Å². The number of hydrogen-bond acceptors (Lipinski definition) is 3. The maximum absolute atomic E-state index is 6.23. The van der Waals surface area contributed by atoms with Gasteiger partial charge < -0.3 is 10.5 Å². The Morgan fingerprint density at radius 2 is 2.28 bits per heavy atom. The fraction of sp³-hybridized carbons (Fsp3) is 0.571. The number of benzene rings is 1. The second-order valence-corrected chi connectivity index (χ2v) is 5.39. The van der Waals surface area contributed by atoms with Gasteiger partial charge in [0.25, 0.3) is 0 Å². The number of rotatable bonds is 3. The predicted molar refractivity (Wildman–Crippen MR) is 75.8 cm³/mol. The molecule has 2 N–H and O–H groups in total. The summed E-state index contributed by atoms with van der Waals surface area (Å²) in [6.45, 7) is 6.90. The highest BCUT2D eigenvalue weighted by atomic mass is 35.5. The molecule has 18 heavy (non-hydrogen) atoms. The van der Waals surface area contributed by atoms with E-state index >= 15 is 0 Å². The molecule has 0 aliphatic carbocycles. The van der Waals surface area contributed by atoms with Crippen LogP contribution in [0.25, 0.3) is 0 Å². The summed E-state index contributed by atoms with van der Waals surface area (Å²) in [6.07, 6.45) is 1.37. The molecule has 0 spiro atoms. The van der Waals surface area contributed by atoms with Gasteiger partial charge in [-0.1, -0.05) is 18.5 Å². The van der Waals surface area contributed by atoms with Crippen LogP contribution in [0.5, 0.6) is 0 Å². The molecule has 3 nitrogen and oxygen atoms in total. The Morgan fingerprint density at radius 3 is 3.00 bits per heavy atom. The highest BCUT2D eigenvalue weighted by Gasteiger charge is 2.25. The molecule has 0 saturated carbocycles. The summed E-state index contributed by atoms with van der Waals surface area (Å²) in [7, 11) is 0. The highest BCUT2D eigenvalue weighted by Crippen LogP contribution is 2.24. The monoisotopic (exact) mass is 268 g/mol. The van der Waals surface area contributed by atoms with Crippen LogP contribution in [-0.2, 0) is 11.3 Å². The van der Waals surface area contributed by atoms with Crippen molar-refractivity contribution in [2.45, 2.75) is 39.0 Å². The molecule has 1 aliphatic rings. The van der Waals surface area contributed by atoms with E-state index in [0.29, 0.717) is 6.04 Å². The molecule has 1 saturated heterocycles. The van der Waals surface area contributed by atoms with Crippen molar-refractivity contribution in [3.05, 3.63) is 28.8 Å². The van der Waals surface area contributed by atoms with Crippen LogP contribution in [0.4, 0.5) is 5.69 Å². The van der Waals surface area contributed by atoms with Gasteiger partial charge in [0.2, 0.25) is 0 Å². The minimum absolute atomic E-state index is 0.285. The maximum Gasteiger partial charge on any atom is 0.0674 e. The van der Waals surface area contributed by atoms with E-state index in [2.05, 4.69) is 18.7 Å². The summed E-state index contributed by atoms with van der Waals surface area (Å²) in [5.74, 6) is 0. The zero-order valence-corrected chi connectivity index (χ0v) is 11.8. The Morgan fingerprint density at radius 1 is 1.50 bits per heavy atom. The molecule has 1 fully saturated rings. The molecule has 100 valence electrons. The number of nitrogens with two attached hydrogens (primary N) is 1. The van der Waals surface area contributed by atoms with Crippen molar-refractivity contribution >= 4 is 17.3 Å². The van der Waals surface area contributed by atoms with Gasteiger partial charge in [-0.2, -0.15) is 0 Å². The van der Waals surface area contributed by atoms with E-state index in [1.807, 2.05) is 18.2 Å². The van der Waals surface area contributed by atoms with Crippen LogP contribution in [0.2, 0.25) is 5.02 Å². The Hall–Kier alpha value is -0.770. The third-order valence-electron chi connectivity index (χ3n) is 3.50. The maximum atomic E-state index is 6.23. The smallest absolute Gasteiger partial charge is 0.0674 e. The lowest BCUT2D eigenvalue weighted by atomic mass is 10.1. The van der Waals surface area contributed by atoms with Crippen molar-refractivity contribution in [3.63, 3.8) is 0 Å². The molecule has 0 aromatic heterocycles. The van der Waals surface area contributed by atoms with E-state index in [9.17, 15) is 0 Å². The first-order valence-electron chi connectivity index (χ1n) is 6.49. The number of hydrogen-bond donors (Lipinski definition) is 1. The molecule has 1 aromatic rings. The first-order valence-corrected chi connectivity index (χ1v) is 6.87. The zero-order valence-electron chi connectivity index (χ0n) is 11.0. The third-order valence-corrected chi connectivity index (χ3v) is 3.86. The predicted octanol–water partition coefficient (Wildman–Crippen LogP) is 2.92. The molecule has 2 rings (SSSR count). The summed E-state index contributed by atoms with van der Waals surface area (Å²) in [6, 6.07) is 6.15. The number of nitrogen functional groups attached to an aromatic ring is 1. The zero-order chi connectivity index (χ0) is 13.1. The van der Waals surface area contributed by atoms with Crippen LogP contribution in [0.15, 0.2) is 18.2 Å². The summed E-state index contributed by atoms with van der Waals surface area (Å²) in [4.78, 5) is 2.44. The lowest BCUT2D eigenvalue weighted by Gasteiger charge is -2.38. The van der Waals surface area contributed by atoms with Crippen molar-refractivity contribution in [1.29, 1.82) is 0 Å². The van der Waals surface area contributed by atoms with E-state index in [4.69, 9.17) is 22.1 Å².